The first-order valence-corrected chi connectivity index (χ1v) is 24.8. The van der Waals surface area contributed by atoms with Gasteiger partial charge in [0.1, 0.15) is 34.5 Å². The monoisotopic (exact) mass is 831 g/mol. The van der Waals surface area contributed by atoms with Gasteiger partial charge in [-0.15, -0.1) is 0 Å². The summed E-state index contributed by atoms with van der Waals surface area (Å²) < 4.78 is 21.2. The Morgan fingerprint density at radius 2 is 0.833 bits per heavy atom. The molecule has 3 aliphatic rings. The molecule has 0 spiro atoms. The van der Waals surface area contributed by atoms with E-state index < -0.39 is 15.8 Å². The molecule has 0 radical (unpaired) electrons. The lowest BCUT2D eigenvalue weighted by atomic mass is 9.74. The zero-order valence-electron chi connectivity index (χ0n) is 36.5. The van der Waals surface area contributed by atoms with Gasteiger partial charge in [0.05, 0.1) is 0 Å². The van der Waals surface area contributed by atoms with Crippen molar-refractivity contribution in [2.24, 2.45) is 5.73 Å². The Morgan fingerprint density at radius 3 is 1.20 bits per heavy atom. The van der Waals surface area contributed by atoms with E-state index in [4.69, 9.17) is 19.9 Å². The van der Waals surface area contributed by atoms with E-state index in [1.807, 2.05) is 0 Å². The topological polar surface area (TPSA) is 53.7 Å². The van der Waals surface area contributed by atoms with Gasteiger partial charge in [-0.2, -0.15) is 0 Å². The zero-order chi connectivity index (χ0) is 41.7. The van der Waals surface area contributed by atoms with Crippen LogP contribution in [0.2, 0.25) is 0 Å². The van der Waals surface area contributed by atoms with E-state index >= 15 is 0 Å². The number of fused-ring (bicyclic) bond motifs is 6. The lowest BCUT2D eigenvalue weighted by Crippen LogP contribution is -2.35. The highest BCUT2D eigenvalue weighted by molar-refractivity contribution is 7.81. The maximum atomic E-state index is 7.79. The van der Waals surface area contributed by atoms with Crippen LogP contribution in [-0.4, -0.2) is 6.54 Å². The first-order chi connectivity index (χ1) is 29.0. The third kappa shape index (κ3) is 7.59. The molecule has 0 saturated heterocycles. The number of hydrogen-bond acceptors (Lipinski definition) is 4. The second kappa shape index (κ2) is 16.8. The van der Waals surface area contributed by atoms with Crippen LogP contribution in [0.25, 0.3) is 0 Å². The Bertz CT molecular complexity index is 2330. The minimum absolute atomic E-state index is 0.335. The van der Waals surface area contributed by atoms with Crippen LogP contribution < -0.4 is 51.8 Å². The van der Waals surface area contributed by atoms with Crippen LogP contribution in [0.1, 0.15) is 110 Å². The van der Waals surface area contributed by atoms with Crippen molar-refractivity contribution >= 4 is 47.7 Å². The SMILES string of the molecule is CCCCCCc1cc(P2c3cc(C)ccc3Oc3ccc(C)cc32)c2c(c1)C(C)(C)c1cc(CCCCCN)cc(P3c4cc(C)ccc4Oc4ccc(C)cc43)c1O2. The molecule has 308 valence electrons. The molecule has 9 rings (SSSR count). The van der Waals surface area contributed by atoms with Crippen LogP contribution in [0.15, 0.2) is 97.1 Å². The maximum Gasteiger partial charge on any atom is 0.139 e. The van der Waals surface area contributed by atoms with Gasteiger partial charge in [-0.05, 0) is 154 Å². The maximum absolute atomic E-state index is 7.79. The van der Waals surface area contributed by atoms with Crippen molar-refractivity contribution in [1.29, 1.82) is 0 Å². The van der Waals surface area contributed by atoms with Gasteiger partial charge in [-0.25, -0.2) is 0 Å². The standard InChI is InChI=1S/C54H59NO3P2/c1-8-9-10-12-15-38-30-40-52(50(32-38)59-46-26-34(2)17-21-42(46)56-43-22-18-35(3)27-47(43)59)58-53-41(54(40,6)7)31-39(16-13-11-14-25-55)33-51(53)60-48-28-36(4)19-23-44(48)57-45-24-20-37(5)29-49(45)60/h17-24,26-33H,8-16,25,55H2,1-7H3. The number of hydrogen-bond donors (Lipinski definition) is 1. The van der Waals surface area contributed by atoms with Crippen LogP contribution in [0.3, 0.4) is 0 Å². The van der Waals surface area contributed by atoms with E-state index in [0.717, 1.165) is 73.1 Å². The predicted molar refractivity (Wildman–Crippen MR) is 256 cm³/mol. The second-order valence-electron chi connectivity index (χ2n) is 17.9. The van der Waals surface area contributed by atoms with E-state index in [2.05, 4.69) is 146 Å². The average molecular weight is 832 g/mol. The molecule has 0 aromatic heterocycles. The Kier molecular flexibility index (Phi) is 11.4. The van der Waals surface area contributed by atoms with Crippen molar-refractivity contribution in [3.8, 4) is 34.5 Å². The third-order valence-corrected chi connectivity index (χ3v) is 17.6. The molecule has 0 saturated carbocycles. The highest BCUT2D eigenvalue weighted by atomic mass is 31.1. The summed E-state index contributed by atoms with van der Waals surface area (Å²) in [6.45, 7) is 16.7. The van der Waals surface area contributed by atoms with Crippen LogP contribution in [-0.2, 0) is 18.3 Å². The van der Waals surface area contributed by atoms with Crippen molar-refractivity contribution < 1.29 is 14.2 Å². The zero-order valence-corrected chi connectivity index (χ0v) is 38.3. The van der Waals surface area contributed by atoms with Gasteiger partial charge >= 0.3 is 0 Å². The molecule has 0 fully saturated rings. The molecule has 6 aromatic carbocycles. The van der Waals surface area contributed by atoms with Gasteiger partial charge in [0.2, 0.25) is 0 Å². The molecule has 3 aliphatic heterocycles. The number of unbranched alkanes of at least 4 members (excludes halogenated alkanes) is 5. The number of aryl methyl sites for hydroxylation is 6. The molecular formula is C54H59NO3P2. The van der Waals surface area contributed by atoms with Gasteiger partial charge in [0.15, 0.2) is 0 Å². The van der Waals surface area contributed by atoms with E-state index in [0.29, 0.717) is 0 Å². The summed E-state index contributed by atoms with van der Waals surface area (Å²) in [6, 6.07) is 36.8. The van der Waals surface area contributed by atoms with Crippen LogP contribution in [0.5, 0.6) is 34.5 Å². The smallest absolute Gasteiger partial charge is 0.139 e. The average Bonchev–Trinajstić information content (AvgIpc) is 3.23. The van der Waals surface area contributed by atoms with Crippen molar-refractivity contribution in [2.75, 3.05) is 6.54 Å². The minimum atomic E-state index is -1.03. The van der Waals surface area contributed by atoms with Gasteiger partial charge in [-0.1, -0.05) is 105 Å². The Hall–Kier alpha value is -4.46. The number of nitrogens with two attached hydrogens (primary N) is 1. The van der Waals surface area contributed by atoms with Crippen molar-refractivity contribution in [1.82, 2.24) is 0 Å². The fourth-order valence-corrected chi connectivity index (χ4v) is 14.9. The molecule has 60 heavy (non-hydrogen) atoms. The van der Waals surface area contributed by atoms with Crippen molar-refractivity contribution in [3.05, 3.63) is 142 Å². The Balaban J connectivity index is 1.30. The molecule has 0 unspecified atom stereocenters. The fraction of sp³-hybridized carbons (Fsp3) is 0.333. The van der Waals surface area contributed by atoms with Crippen molar-refractivity contribution in [3.63, 3.8) is 0 Å². The lowest BCUT2D eigenvalue weighted by Gasteiger charge is -2.40. The molecule has 3 heterocycles. The molecule has 0 amide bonds. The van der Waals surface area contributed by atoms with Gasteiger partial charge < -0.3 is 19.9 Å². The van der Waals surface area contributed by atoms with E-state index in [1.54, 1.807) is 0 Å². The quantitative estimate of drug-likeness (QED) is 0.0984. The lowest BCUT2D eigenvalue weighted by molar-refractivity contribution is 0.424. The van der Waals surface area contributed by atoms with Crippen LogP contribution >= 0.6 is 15.8 Å². The normalized spacial score (nSPS) is 14.7. The fourth-order valence-electron chi connectivity index (χ4n) is 9.33. The summed E-state index contributed by atoms with van der Waals surface area (Å²) in [4.78, 5) is 0. The summed E-state index contributed by atoms with van der Waals surface area (Å²) in [5, 5.41) is 7.59. The summed E-state index contributed by atoms with van der Waals surface area (Å²) >= 11 is 0. The predicted octanol–water partition coefficient (Wildman–Crippen LogP) is 11.9. The summed E-state index contributed by atoms with van der Waals surface area (Å²) in [6.07, 6.45) is 10.2. The Labute approximate surface area is 360 Å². The van der Waals surface area contributed by atoms with E-state index in [-0.39, 0.29) is 5.41 Å². The minimum Gasteiger partial charge on any atom is -0.456 e. The van der Waals surface area contributed by atoms with Crippen molar-refractivity contribution in [2.45, 2.75) is 112 Å². The first kappa shape index (κ1) is 40.9. The molecule has 0 atom stereocenters. The molecule has 4 nitrogen and oxygen atoms in total. The third-order valence-electron chi connectivity index (χ3n) is 12.6. The second-order valence-corrected chi connectivity index (χ2v) is 22.1. The molecule has 6 heteroatoms. The van der Waals surface area contributed by atoms with E-state index in [1.165, 1.54) is 102 Å². The first-order valence-electron chi connectivity index (χ1n) is 22.2. The number of rotatable bonds is 12. The molecule has 2 N–H and O–H groups in total. The molecule has 0 aliphatic carbocycles. The van der Waals surface area contributed by atoms with Gasteiger partial charge in [-0.3, -0.25) is 0 Å². The van der Waals surface area contributed by atoms with Gasteiger partial charge in [0, 0.05) is 48.4 Å². The summed E-state index contributed by atoms with van der Waals surface area (Å²) in [5.74, 6) is 5.82. The summed E-state index contributed by atoms with van der Waals surface area (Å²) in [7, 11) is -2.06. The largest absolute Gasteiger partial charge is 0.456 e. The van der Waals surface area contributed by atoms with Crippen LogP contribution in [0, 0.1) is 27.7 Å². The summed E-state index contributed by atoms with van der Waals surface area (Å²) in [5.41, 5.74) is 15.9. The number of benzene rings is 6. The number of ether oxygens (including phenoxy) is 3. The Morgan fingerprint density at radius 1 is 0.450 bits per heavy atom. The molecule has 6 aromatic rings. The van der Waals surface area contributed by atoms with Crippen LogP contribution in [0.4, 0.5) is 0 Å². The highest BCUT2D eigenvalue weighted by Gasteiger charge is 2.43. The molecular weight excluding hydrogens is 773 g/mol. The molecule has 0 bridgehead atoms. The highest BCUT2D eigenvalue weighted by Crippen LogP contribution is 2.56. The van der Waals surface area contributed by atoms with Gasteiger partial charge in [0.25, 0.3) is 0 Å². The van der Waals surface area contributed by atoms with E-state index in [9.17, 15) is 0 Å².